The first-order valence-electron chi connectivity index (χ1n) is 6.06. The Hall–Kier alpha value is -2.47. The molecule has 20 heavy (non-hydrogen) atoms. The van der Waals surface area contributed by atoms with E-state index in [0.717, 1.165) is 21.9 Å². The van der Waals surface area contributed by atoms with Crippen LogP contribution in [0.2, 0.25) is 0 Å². The van der Waals surface area contributed by atoms with Crippen molar-refractivity contribution in [1.29, 1.82) is 0 Å². The summed E-state index contributed by atoms with van der Waals surface area (Å²) >= 11 is 1.45. The first-order valence-corrected chi connectivity index (χ1v) is 6.94. The van der Waals surface area contributed by atoms with Gasteiger partial charge in [0.05, 0.1) is 11.3 Å². The Bertz CT molecular complexity index is 996. The maximum Gasteiger partial charge on any atom is 0.345 e. The van der Waals surface area contributed by atoms with E-state index >= 15 is 0 Å². The van der Waals surface area contributed by atoms with Crippen LogP contribution in [0.15, 0.2) is 44.9 Å². The molecular formula is C14H9N3O2S. The van der Waals surface area contributed by atoms with Gasteiger partial charge in [0.2, 0.25) is 4.96 Å². The molecule has 1 aromatic carbocycles. The second kappa shape index (κ2) is 4.01. The van der Waals surface area contributed by atoms with Crippen LogP contribution < -0.4 is 5.63 Å². The normalized spacial score (nSPS) is 11.4. The van der Waals surface area contributed by atoms with Crippen LogP contribution in [0.4, 0.5) is 0 Å². The van der Waals surface area contributed by atoms with E-state index in [9.17, 15) is 4.79 Å². The van der Waals surface area contributed by atoms with Crippen LogP contribution in [0.25, 0.3) is 27.2 Å². The van der Waals surface area contributed by atoms with Gasteiger partial charge in [0, 0.05) is 10.8 Å². The molecule has 0 saturated carbocycles. The van der Waals surface area contributed by atoms with Crippen molar-refractivity contribution in [1.82, 2.24) is 14.6 Å². The fourth-order valence-corrected chi connectivity index (χ4v) is 3.16. The third kappa shape index (κ3) is 1.51. The highest BCUT2D eigenvalue weighted by molar-refractivity contribution is 7.15. The zero-order valence-corrected chi connectivity index (χ0v) is 11.3. The molecule has 4 rings (SSSR count). The van der Waals surface area contributed by atoms with Crippen LogP contribution in [0, 0.1) is 6.92 Å². The second-order valence-electron chi connectivity index (χ2n) is 4.47. The van der Waals surface area contributed by atoms with Crippen LogP contribution in [0.3, 0.4) is 0 Å². The van der Waals surface area contributed by atoms with Gasteiger partial charge in [-0.2, -0.15) is 0 Å². The molecule has 0 saturated heterocycles. The standard InChI is InChI=1S/C14H9N3O2S/c1-8-15-16-14-17(8)11(7-20-14)10-6-9-4-2-3-5-12(9)19-13(10)18/h2-7H,1H3. The maximum atomic E-state index is 12.2. The zero-order chi connectivity index (χ0) is 13.7. The lowest BCUT2D eigenvalue weighted by molar-refractivity contribution is 0.563. The largest absolute Gasteiger partial charge is 0.422 e. The smallest absolute Gasteiger partial charge is 0.345 e. The molecule has 0 radical (unpaired) electrons. The maximum absolute atomic E-state index is 12.2. The van der Waals surface area contributed by atoms with E-state index < -0.39 is 0 Å². The number of para-hydroxylation sites is 1. The summed E-state index contributed by atoms with van der Waals surface area (Å²) in [5.41, 5.74) is 1.54. The number of hydrogen-bond acceptors (Lipinski definition) is 5. The van der Waals surface area contributed by atoms with Crippen molar-refractivity contribution in [3.8, 4) is 11.3 Å². The van der Waals surface area contributed by atoms with E-state index in [0.29, 0.717) is 11.1 Å². The molecule has 0 aliphatic rings. The molecule has 3 aromatic heterocycles. The molecule has 98 valence electrons. The Morgan fingerprint density at radius 2 is 2.10 bits per heavy atom. The minimum Gasteiger partial charge on any atom is -0.422 e. The van der Waals surface area contributed by atoms with Crippen LogP contribution in [0.1, 0.15) is 5.82 Å². The monoisotopic (exact) mass is 283 g/mol. The van der Waals surface area contributed by atoms with Crippen molar-refractivity contribution in [2.75, 3.05) is 0 Å². The molecule has 0 fully saturated rings. The molecule has 0 amide bonds. The quantitative estimate of drug-likeness (QED) is 0.504. The topological polar surface area (TPSA) is 60.4 Å². The Morgan fingerprint density at radius 1 is 1.25 bits per heavy atom. The van der Waals surface area contributed by atoms with E-state index in [1.54, 1.807) is 6.07 Å². The van der Waals surface area contributed by atoms with Crippen LogP contribution >= 0.6 is 11.3 Å². The number of hydrogen-bond donors (Lipinski definition) is 0. The highest BCUT2D eigenvalue weighted by atomic mass is 32.1. The fourth-order valence-electron chi connectivity index (χ4n) is 2.28. The lowest BCUT2D eigenvalue weighted by Gasteiger charge is -2.01. The lowest BCUT2D eigenvalue weighted by Crippen LogP contribution is -2.04. The number of thiazole rings is 1. The average molecular weight is 283 g/mol. The molecule has 0 bridgehead atoms. The van der Waals surface area contributed by atoms with Gasteiger partial charge in [0.25, 0.3) is 0 Å². The van der Waals surface area contributed by atoms with E-state index in [4.69, 9.17) is 4.42 Å². The predicted molar refractivity (Wildman–Crippen MR) is 77.1 cm³/mol. The highest BCUT2D eigenvalue weighted by Gasteiger charge is 2.15. The van der Waals surface area contributed by atoms with Gasteiger partial charge in [-0.05, 0) is 19.1 Å². The molecule has 0 unspecified atom stereocenters. The summed E-state index contributed by atoms with van der Waals surface area (Å²) in [5, 5.41) is 10.9. The Labute approximate surface area is 117 Å². The summed E-state index contributed by atoms with van der Waals surface area (Å²) in [6, 6.07) is 9.32. The average Bonchev–Trinajstić information content (AvgIpc) is 3.02. The Balaban J connectivity index is 2.09. The van der Waals surface area contributed by atoms with E-state index in [1.165, 1.54) is 11.3 Å². The van der Waals surface area contributed by atoms with Crippen molar-refractivity contribution in [3.05, 3.63) is 52.0 Å². The zero-order valence-electron chi connectivity index (χ0n) is 10.5. The van der Waals surface area contributed by atoms with E-state index in [2.05, 4.69) is 10.2 Å². The third-order valence-corrected chi connectivity index (χ3v) is 4.05. The van der Waals surface area contributed by atoms with Gasteiger partial charge in [-0.25, -0.2) is 4.79 Å². The van der Waals surface area contributed by atoms with Gasteiger partial charge in [0.1, 0.15) is 11.4 Å². The molecule has 0 aliphatic heterocycles. The molecule has 0 aliphatic carbocycles. The number of benzene rings is 1. The summed E-state index contributed by atoms with van der Waals surface area (Å²) in [6.45, 7) is 1.86. The van der Waals surface area contributed by atoms with Gasteiger partial charge < -0.3 is 4.42 Å². The molecule has 4 aromatic rings. The van der Waals surface area contributed by atoms with Gasteiger partial charge in [0.15, 0.2) is 0 Å². The van der Waals surface area contributed by atoms with E-state index in [-0.39, 0.29) is 5.63 Å². The van der Waals surface area contributed by atoms with Crippen LogP contribution in [0.5, 0.6) is 0 Å². The van der Waals surface area contributed by atoms with Crippen molar-refractivity contribution < 1.29 is 4.42 Å². The molecule has 6 heteroatoms. The molecular weight excluding hydrogens is 274 g/mol. The van der Waals surface area contributed by atoms with Crippen molar-refractivity contribution in [3.63, 3.8) is 0 Å². The SMILES string of the molecule is Cc1nnc2scc(-c3cc4ccccc4oc3=O)n12. The van der Waals surface area contributed by atoms with Gasteiger partial charge >= 0.3 is 5.63 Å². The molecule has 3 heterocycles. The van der Waals surface area contributed by atoms with Crippen molar-refractivity contribution >= 4 is 27.3 Å². The number of aromatic nitrogens is 3. The van der Waals surface area contributed by atoms with Crippen LogP contribution in [-0.4, -0.2) is 14.6 Å². The number of fused-ring (bicyclic) bond motifs is 2. The number of rotatable bonds is 1. The summed E-state index contributed by atoms with van der Waals surface area (Å²) in [5.74, 6) is 0.754. The second-order valence-corrected chi connectivity index (χ2v) is 5.31. The van der Waals surface area contributed by atoms with Crippen LogP contribution in [-0.2, 0) is 0 Å². The van der Waals surface area contributed by atoms with Crippen molar-refractivity contribution in [2.45, 2.75) is 6.92 Å². The van der Waals surface area contributed by atoms with Gasteiger partial charge in [-0.15, -0.1) is 21.5 Å². The molecule has 0 spiro atoms. The predicted octanol–water partition coefficient (Wildman–Crippen LogP) is 2.87. The third-order valence-electron chi connectivity index (χ3n) is 3.23. The summed E-state index contributed by atoms with van der Waals surface area (Å²) < 4.78 is 7.24. The van der Waals surface area contributed by atoms with E-state index in [1.807, 2.05) is 41.0 Å². The summed E-state index contributed by atoms with van der Waals surface area (Å²) in [7, 11) is 0. The molecule has 5 nitrogen and oxygen atoms in total. The minimum atomic E-state index is -0.350. The number of nitrogens with zero attached hydrogens (tertiary/aromatic N) is 3. The fraction of sp³-hybridized carbons (Fsp3) is 0.0714. The minimum absolute atomic E-state index is 0.350. The highest BCUT2D eigenvalue weighted by Crippen LogP contribution is 2.26. The first kappa shape index (κ1) is 11.4. The first-order chi connectivity index (χ1) is 9.74. The summed E-state index contributed by atoms with van der Waals surface area (Å²) in [4.78, 5) is 13.0. The Morgan fingerprint density at radius 3 is 3.00 bits per heavy atom. The lowest BCUT2D eigenvalue weighted by atomic mass is 10.1. The number of aryl methyl sites for hydroxylation is 1. The summed E-state index contributed by atoms with van der Waals surface area (Å²) in [6.07, 6.45) is 0. The molecule has 0 N–H and O–H groups in total. The van der Waals surface area contributed by atoms with Crippen molar-refractivity contribution in [2.24, 2.45) is 0 Å². The molecule has 0 atom stereocenters. The van der Waals surface area contributed by atoms with Gasteiger partial charge in [-0.1, -0.05) is 18.2 Å². The Kier molecular flexibility index (Phi) is 2.28. The van der Waals surface area contributed by atoms with Gasteiger partial charge in [-0.3, -0.25) is 4.40 Å².